The van der Waals surface area contributed by atoms with Gasteiger partial charge in [-0.15, -0.1) is 24.8 Å². The van der Waals surface area contributed by atoms with E-state index >= 15 is 0 Å². The molecule has 0 atom stereocenters. The van der Waals surface area contributed by atoms with Gasteiger partial charge in [-0.1, -0.05) is 13.3 Å². The lowest BCUT2D eigenvalue weighted by molar-refractivity contribution is 0.355. The lowest BCUT2D eigenvalue weighted by atomic mass is 9.96. The number of anilines is 1. The zero-order valence-corrected chi connectivity index (χ0v) is 23.7. The number of pyridine rings is 2. The first-order valence-corrected chi connectivity index (χ1v) is 11.9. The highest BCUT2D eigenvalue weighted by Crippen LogP contribution is 2.39. The van der Waals surface area contributed by atoms with Crippen molar-refractivity contribution in [1.29, 1.82) is 0 Å². The van der Waals surface area contributed by atoms with Gasteiger partial charge >= 0.3 is 0 Å². The Morgan fingerprint density at radius 3 is 2.16 bits per heavy atom. The van der Waals surface area contributed by atoms with Crippen molar-refractivity contribution >= 4 is 52.3 Å². The van der Waals surface area contributed by atoms with Crippen LogP contribution in [0, 0.1) is 0 Å². The number of fused-ring (bicyclic) bond motifs is 2. The summed E-state index contributed by atoms with van der Waals surface area (Å²) in [6.45, 7) is 6.25. The van der Waals surface area contributed by atoms with Gasteiger partial charge in [0.2, 0.25) is 5.88 Å². The predicted molar refractivity (Wildman–Crippen MR) is 155 cm³/mol. The van der Waals surface area contributed by atoms with Crippen LogP contribution in [0.1, 0.15) is 44.0 Å². The topological polar surface area (TPSA) is 85.7 Å². The van der Waals surface area contributed by atoms with Gasteiger partial charge in [0, 0.05) is 28.8 Å². The molecule has 0 aliphatic carbocycles. The number of nitrogens with zero attached hydrogens (tertiary/aromatic N) is 2. The van der Waals surface area contributed by atoms with E-state index in [-0.39, 0.29) is 36.7 Å². The van der Waals surface area contributed by atoms with E-state index in [0.29, 0.717) is 17.9 Å². The number of hydrogen-bond acceptors (Lipinski definition) is 7. The molecule has 0 bridgehead atoms. The van der Waals surface area contributed by atoms with Crippen LogP contribution < -0.4 is 19.5 Å². The number of methoxy groups -OCH3 is 3. The van der Waals surface area contributed by atoms with E-state index in [1.807, 2.05) is 30.3 Å². The minimum atomic E-state index is 0. The quantitative estimate of drug-likeness (QED) is 0.240. The van der Waals surface area contributed by atoms with Crippen molar-refractivity contribution < 1.29 is 19.3 Å². The summed E-state index contributed by atoms with van der Waals surface area (Å²) in [7, 11) is 4.89. The van der Waals surface area contributed by atoms with Gasteiger partial charge in [0.15, 0.2) is 11.5 Å². The summed E-state index contributed by atoms with van der Waals surface area (Å²) in [4.78, 5) is 9.49. The number of rotatable bonds is 9. The zero-order chi connectivity index (χ0) is 25.1. The van der Waals surface area contributed by atoms with Crippen LogP contribution in [-0.4, -0.2) is 42.4 Å². The largest absolute Gasteiger partial charge is 0.497 e. The predicted octanol–water partition coefficient (Wildman–Crippen LogP) is 6.72. The Morgan fingerprint density at radius 2 is 1.57 bits per heavy atom. The number of nitrogens with one attached hydrogen (secondary N) is 1. The maximum absolute atomic E-state index is 11.1. The molecule has 0 aliphatic heterocycles. The van der Waals surface area contributed by atoms with Gasteiger partial charge in [0.1, 0.15) is 11.6 Å². The number of halogens is 2. The summed E-state index contributed by atoms with van der Waals surface area (Å²) >= 11 is 0. The van der Waals surface area contributed by atoms with E-state index in [4.69, 9.17) is 19.2 Å². The third-order valence-corrected chi connectivity index (χ3v) is 6.05. The highest BCUT2D eigenvalue weighted by atomic mass is 35.5. The van der Waals surface area contributed by atoms with Crippen LogP contribution in [0.15, 0.2) is 36.4 Å². The van der Waals surface area contributed by atoms with E-state index in [1.54, 1.807) is 21.3 Å². The van der Waals surface area contributed by atoms with Crippen LogP contribution >= 0.6 is 24.8 Å². The maximum atomic E-state index is 11.1. The Morgan fingerprint density at radius 1 is 0.892 bits per heavy atom. The molecule has 0 aliphatic rings. The molecule has 37 heavy (non-hydrogen) atoms. The standard InChI is InChI=1S/C28H33N3O4.2ClH/c1-7-8-24-21-15-26(35-6)25(34-5)14-20(21)22(28(32)31-24)13-18-11-17-12-19(33-4)9-10-23(17)30-27(18)29-16(2)3;;/h9-12,14-16H,7-8,13H2,1-6H3,(H,29,30)(H,31,32);2*1H. The van der Waals surface area contributed by atoms with Gasteiger partial charge in [0.25, 0.3) is 0 Å². The van der Waals surface area contributed by atoms with Gasteiger partial charge in [-0.25, -0.2) is 9.97 Å². The second-order valence-electron chi connectivity index (χ2n) is 8.89. The zero-order valence-electron chi connectivity index (χ0n) is 22.0. The molecule has 2 aromatic heterocycles. The third-order valence-electron chi connectivity index (χ3n) is 6.05. The minimum absolute atomic E-state index is 0. The molecule has 0 saturated heterocycles. The molecule has 2 aromatic carbocycles. The van der Waals surface area contributed by atoms with Crippen molar-refractivity contribution in [3.05, 3.63) is 53.2 Å². The molecule has 0 saturated carbocycles. The molecular formula is C28H35Cl2N3O4. The lowest BCUT2D eigenvalue weighted by Crippen LogP contribution is -2.13. The molecule has 4 rings (SSSR count). The number of benzene rings is 2. The normalized spacial score (nSPS) is 10.7. The molecule has 200 valence electrons. The fourth-order valence-corrected chi connectivity index (χ4v) is 4.39. The first-order chi connectivity index (χ1) is 16.9. The average Bonchev–Trinajstić information content (AvgIpc) is 2.85. The highest BCUT2D eigenvalue weighted by molar-refractivity contribution is 5.93. The van der Waals surface area contributed by atoms with Gasteiger partial charge < -0.3 is 24.6 Å². The summed E-state index contributed by atoms with van der Waals surface area (Å²) in [5.74, 6) is 2.82. The number of ether oxygens (including phenoxy) is 3. The fourth-order valence-electron chi connectivity index (χ4n) is 4.39. The van der Waals surface area contributed by atoms with Crippen molar-refractivity contribution in [2.45, 2.75) is 46.1 Å². The van der Waals surface area contributed by atoms with E-state index in [0.717, 1.165) is 62.9 Å². The van der Waals surface area contributed by atoms with Crippen molar-refractivity contribution in [2.75, 3.05) is 26.6 Å². The molecule has 0 radical (unpaired) electrons. The Hall–Kier alpha value is -3.16. The second kappa shape index (κ2) is 12.9. The van der Waals surface area contributed by atoms with E-state index in [1.165, 1.54) is 0 Å². The molecule has 7 nitrogen and oxygen atoms in total. The number of aromatic nitrogens is 2. The summed E-state index contributed by atoms with van der Waals surface area (Å²) in [6, 6.07) is 12.0. The van der Waals surface area contributed by atoms with E-state index in [2.05, 4.69) is 37.1 Å². The second-order valence-corrected chi connectivity index (χ2v) is 8.89. The first kappa shape index (κ1) is 30.1. The molecule has 4 aromatic rings. The highest BCUT2D eigenvalue weighted by Gasteiger charge is 2.19. The van der Waals surface area contributed by atoms with Crippen LogP contribution in [0.4, 0.5) is 5.82 Å². The van der Waals surface area contributed by atoms with Crippen LogP contribution in [0.3, 0.4) is 0 Å². The van der Waals surface area contributed by atoms with E-state index < -0.39 is 0 Å². The Balaban J connectivity index is 0.00000241. The number of aromatic hydroxyl groups is 1. The van der Waals surface area contributed by atoms with Gasteiger partial charge in [0.05, 0.1) is 32.5 Å². The van der Waals surface area contributed by atoms with Crippen LogP contribution in [0.5, 0.6) is 23.1 Å². The summed E-state index contributed by atoms with van der Waals surface area (Å²) in [5.41, 5.74) is 3.38. The monoisotopic (exact) mass is 547 g/mol. The van der Waals surface area contributed by atoms with Crippen LogP contribution in [0.2, 0.25) is 0 Å². The van der Waals surface area contributed by atoms with E-state index in [9.17, 15) is 5.11 Å². The smallest absolute Gasteiger partial charge is 0.215 e. The molecular weight excluding hydrogens is 513 g/mol. The van der Waals surface area contributed by atoms with Crippen LogP contribution in [0.25, 0.3) is 21.7 Å². The minimum Gasteiger partial charge on any atom is -0.497 e. The molecule has 2 heterocycles. The molecule has 0 unspecified atom stereocenters. The van der Waals surface area contributed by atoms with Crippen molar-refractivity contribution in [1.82, 2.24) is 9.97 Å². The lowest BCUT2D eigenvalue weighted by Gasteiger charge is -2.18. The molecule has 0 amide bonds. The Bertz CT molecular complexity index is 1380. The molecule has 0 fully saturated rings. The van der Waals surface area contributed by atoms with Crippen molar-refractivity contribution in [3.8, 4) is 23.1 Å². The SMILES string of the molecule is CCCc1nc(O)c(Cc2cc3cc(OC)ccc3nc2NC(C)C)c2cc(OC)c(OC)cc12.Cl.Cl. The fraction of sp³-hybridized carbons (Fsp3) is 0.357. The summed E-state index contributed by atoms with van der Waals surface area (Å²) in [6.07, 6.45) is 2.10. The van der Waals surface area contributed by atoms with Crippen molar-refractivity contribution in [3.63, 3.8) is 0 Å². The van der Waals surface area contributed by atoms with Crippen LogP contribution in [-0.2, 0) is 12.8 Å². The number of aryl methyl sites for hydroxylation is 1. The first-order valence-electron chi connectivity index (χ1n) is 11.9. The van der Waals surface area contributed by atoms with Gasteiger partial charge in [-0.05, 0) is 67.6 Å². The van der Waals surface area contributed by atoms with Crippen molar-refractivity contribution in [2.24, 2.45) is 0 Å². The Labute approximate surface area is 230 Å². The maximum Gasteiger partial charge on any atom is 0.215 e. The molecule has 9 heteroatoms. The van der Waals surface area contributed by atoms with Gasteiger partial charge in [-0.2, -0.15) is 0 Å². The summed E-state index contributed by atoms with van der Waals surface area (Å²) in [5, 5.41) is 17.4. The Kier molecular flexibility index (Phi) is 10.5. The molecule has 0 spiro atoms. The average molecular weight is 549 g/mol. The number of hydrogen-bond donors (Lipinski definition) is 2. The summed E-state index contributed by atoms with van der Waals surface area (Å²) < 4.78 is 16.6. The molecule has 2 N–H and O–H groups in total. The van der Waals surface area contributed by atoms with Gasteiger partial charge in [-0.3, -0.25) is 0 Å². The third kappa shape index (κ3) is 6.22.